The molecule has 2 heterocycles. The molecule has 0 atom stereocenters. The summed E-state index contributed by atoms with van der Waals surface area (Å²) in [4.78, 5) is 16.8. The maximum atomic E-state index is 12.2. The summed E-state index contributed by atoms with van der Waals surface area (Å²) in [5.41, 5.74) is 1.91. The molecule has 0 unspecified atom stereocenters. The fourth-order valence-corrected chi connectivity index (χ4v) is 2.78. The molecular weight excluding hydrogens is 302 g/mol. The summed E-state index contributed by atoms with van der Waals surface area (Å²) in [6.45, 7) is 5.86. The number of carbonyl (C=O) groups is 1. The summed E-state index contributed by atoms with van der Waals surface area (Å²) >= 11 is 0. The Kier molecular flexibility index (Phi) is 5.01. The number of likely N-dealkylation sites (N-methyl/N-ethyl adjacent to an activating group) is 1. The first kappa shape index (κ1) is 16.3. The lowest BCUT2D eigenvalue weighted by Gasteiger charge is -2.35. The first-order valence-electron chi connectivity index (χ1n) is 8.20. The molecule has 5 heteroatoms. The van der Waals surface area contributed by atoms with Gasteiger partial charge in [0.1, 0.15) is 11.5 Å². The molecule has 0 saturated carbocycles. The van der Waals surface area contributed by atoms with Gasteiger partial charge in [-0.25, -0.2) is 0 Å². The molecule has 0 spiro atoms. The molecule has 2 aromatic rings. The number of nitrogens with one attached hydrogen (secondary N) is 1. The fourth-order valence-electron chi connectivity index (χ4n) is 2.78. The zero-order chi connectivity index (χ0) is 16.9. The van der Waals surface area contributed by atoms with Gasteiger partial charge in [0.25, 0.3) is 0 Å². The second-order valence-corrected chi connectivity index (χ2v) is 6.08. The van der Waals surface area contributed by atoms with Crippen LogP contribution < -0.4 is 10.2 Å². The van der Waals surface area contributed by atoms with Crippen LogP contribution in [0.4, 0.5) is 11.4 Å². The van der Waals surface area contributed by atoms with Crippen LogP contribution in [-0.2, 0) is 4.79 Å². The molecule has 5 nitrogen and oxygen atoms in total. The number of amides is 1. The van der Waals surface area contributed by atoms with Crippen LogP contribution in [0.5, 0.6) is 0 Å². The number of hydrogen-bond acceptors (Lipinski definition) is 4. The smallest absolute Gasteiger partial charge is 0.248 e. The maximum Gasteiger partial charge on any atom is 0.248 e. The first-order valence-corrected chi connectivity index (χ1v) is 8.20. The Hall–Kier alpha value is -2.53. The molecule has 1 fully saturated rings. The minimum atomic E-state index is -0.161. The molecule has 3 rings (SSSR count). The van der Waals surface area contributed by atoms with Gasteiger partial charge >= 0.3 is 0 Å². The van der Waals surface area contributed by atoms with Crippen molar-refractivity contribution in [2.75, 3.05) is 43.4 Å². The molecule has 1 aliphatic heterocycles. The van der Waals surface area contributed by atoms with Gasteiger partial charge in [-0.2, -0.15) is 0 Å². The van der Waals surface area contributed by atoms with Gasteiger partial charge in [0, 0.05) is 32.3 Å². The van der Waals surface area contributed by atoms with Crippen molar-refractivity contribution in [3.8, 4) is 0 Å². The van der Waals surface area contributed by atoms with E-state index in [0.29, 0.717) is 5.76 Å². The van der Waals surface area contributed by atoms with Gasteiger partial charge in [-0.05, 0) is 44.3 Å². The van der Waals surface area contributed by atoms with E-state index in [1.54, 1.807) is 6.08 Å². The van der Waals surface area contributed by atoms with Gasteiger partial charge in [-0.1, -0.05) is 12.1 Å². The molecule has 1 aromatic carbocycles. The summed E-state index contributed by atoms with van der Waals surface area (Å²) in [5, 5.41) is 2.97. The van der Waals surface area contributed by atoms with Crippen LogP contribution in [0, 0.1) is 6.92 Å². The van der Waals surface area contributed by atoms with E-state index in [9.17, 15) is 4.79 Å². The predicted octanol–water partition coefficient (Wildman–Crippen LogP) is 2.99. The lowest BCUT2D eigenvalue weighted by atomic mass is 10.2. The van der Waals surface area contributed by atoms with Crippen molar-refractivity contribution in [3.05, 3.63) is 54.0 Å². The number of benzene rings is 1. The highest BCUT2D eigenvalue weighted by Crippen LogP contribution is 2.26. The average Bonchev–Trinajstić information content (AvgIpc) is 3.00. The van der Waals surface area contributed by atoms with E-state index in [2.05, 4.69) is 28.2 Å². The highest BCUT2D eigenvalue weighted by molar-refractivity contribution is 6.03. The number of aryl methyl sites for hydroxylation is 1. The van der Waals surface area contributed by atoms with E-state index in [1.165, 1.54) is 6.08 Å². The van der Waals surface area contributed by atoms with Gasteiger partial charge in [0.15, 0.2) is 0 Å². The van der Waals surface area contributed by atoms with Crippen LogP contribution in [0.15, 0.2) is 46.9 Å². The zero-order valence-electron chi connectivity index (χ0n) is 14.2. The van der Waals surface area contributed by atoms with Gasteiger partial charge in [-0.15, -0.1) is 0 Å². The molecule has 24 heavy (non-hydrogen) atoms. The Morgan fingerprint density at radius 2 is 1.88 bits per heavy atom. The summed E-state index contributed by atoms with van der Waals surface area (Å²) in [6, 6.07) is 11.7. The van der Waals surface area contributed by atoms with Gasteiger partial charge < -0.3 is 19.5 Å². The first-order chi connectivity index (χ1) is 11.6. The van der Waals surface area contributed by atoms with Crippen molar-refractivity contribution >= 4 is 23.4 Å². The third-order valence-electron chi connectivity index (χ3n) is 4.17. The normalized spacial score (nSPS) is 15.8. The number of furan rings is 1. The second-order valence-electron chi connectivity index (χ2n) is 6.08. The highest BCUT2D eigenvalue weighted by Gasteiger charge is 2.17. The largest absolute Gasteiger partial charge is 0.462 e. The second kappa shape index (κ2) is 7.36. The van der Waals surface area contributed by atoms with E-state index in [0.717, 1.165) is 43.3 Å². The van der Waals surface area contributed by atoms with Gasteiger partial charge in [0.05, 0.1) is 11.4 Å². The number of carbonyl (C=O) groups excluding carboxylic acids is 1. The minimum absolute atomic E-state index is 0.161. The third kappa shape index (κ3) is 4.06. The van der Waals surface area contributed by atoms with Crippen molar-refractivity contribution in [2.45, 2.75) is 6.92 Å². The summed E-state index contributed by atoms with van der Waals surface area (Å²) in [5.74, 6) is 1.34. The molecule has 0 bridgehead atoms. The molecule has 0 radical (unpaired) electrons. The summed E-state index contributed by atoms with van der Waals surface area (Å²) in [6.07, 6.45) is 3.18. The molecule has 1 amide bonds. The molecule has 126 valence electrons. The molecule has 1 aromatic heterocycles. The highest BCUT2D eigenvalue weighted by atomic mass is 16.3. The van der Waals surface area contributed by atoms with Gasteiger partial charge in [0.2, 0.25) is 5.91 Å². The van der Waals surface area contributed by atoms with Crippen molar-refractivity contribution in [1.82, 2.24) is 4.90 Å². The third-order valence-corrected chi connectivity index (χ3v) is 4.17. The van der Waals surface area contributed by atoms with E-state index in [1.807, 2.05) is 37.3 Å². The SMILES string of the molecule is Cc1ccc(/C=C/C(=O)Nc2ccccc2N2CCN(C)CC2)o1. The van der Waals surface area contributed by atoms with Crippen molar-refractivity contribution in [1.29, 1.82) is 0 Å². The van der Waals surface area contributed by atoms with E-state index in [-0.39, 0.29) is 5.91 Å². The number of nitrogens with zero attached hydrogens (tertiary/aromatic N) is 2. The van der Waals surface area contributed by atoms with Crippen LogP contribution in [0.2, 0.25) is 0 Å². The molecule has 0 aliphatic carbocycles. The van der Waals surface area contributed by atoms with Crippen LogP contribution in [0.3, 0.4) is 0 Å². The minimum Gasteiger partial charge on any atom is -0.462 e. The Morgan fingerprint density at radius 3 is 2.58 bits per heavy atom. The Bertz CT molecular complexity index is 728. The van der Waals surface area contributed by atoms with Crippen LogP contribution >= 0.6 is 0 Å². The van der Waals surface area contributed by atoms with Crippen LogP contribution in [0.25, 0.3) is 6.08 Å². The maximum absolute atomic E-state index is 12.2. The lowest BCUT2D eigenvalue weighted by Crippen LogP contribution is -2.44. The fraction of sp³-hybridized carbons (Fsp3) is 0.316. The molecular formula is C19H23N3O2. The quantitative estimate of drug-likeness (QED) is 0.878. The Morgan fingerprint density at radius 1 is 1.12 bits per heavy atom. The molecule has 1 saturated heterocycles. The number of piperazine rings is 1. The van der Waals surface area contributed by atoms with E-state index >= 15 is 0 Å². The monoisotopic (exact) mass is 325 g/mol. The van der Waals surface area contributed by atoms with Crippen molar-refractivity contribution in [2.24, 2.45) is 0 Å². The molecule has 1 aliphatic rings. The predicted molar refractivity (Wildman–Crippen MR) is 97.3 cm³/mol. The van der Waals surface area contributed by atoms with Crippen molar-refractivity contribution < 1.29 is 9.21 Å². The average molecular weight is 325 g/mol. The van der Waals surface area contributed by atoms with Crippen LogP contribution in [0.1, 0.15) is 11.5 Å². The lowest BCUT2D eigenvalue weighted by molar-refractivity contribution is -0.111. The van der Waals surface area contributed by atoms with Gasteiger partial charge in [-0.3, -0.25) is 4.79 Å². The summed E-state index contributed by atoms with van der Waals surface area (Å²) < 4.78 is 5.43. The number of rotatable bonds is 4. The number of hydrogen-bond donors (Lipinski definition) is 1. The van der Waals surface area contributed by atoms with Crippen LogP contribution in [-0.4, -0.2) is 44.0 Å². The molecule has 1 N–H and O–H groups in total. The zero-order valence-corrected chi connectivity index (χ0v) is 14.2. The standard InChI is InChI=1S/C19H23N3O2/c1-15-7-8-16(24-15)9-10-19(23)20-17-5-3-4-6-18(17)22-13-11-21(2)12-14-22/h3-10H,11-14H2,1-2H3,(H,20,23)/b10-9+. The Labute approximate surface area is 142 Å². The van der Waals surface area contributed by atoms with E-state index < -0.39 is 0 Å². The van der Waals surface area contributed by atoms with E-state index in [4.69, 9.17) is 4.42 Å². The van der Waals surface area contributed by atoms with Crippen molar-refractivity contribution in [3.63, 3.8) is 0 Å². The Balaban J connectivity index is 1.68. The number of anilines is 2. The summed E-state index contributed by atoms with van der Waals surface area (Å²) in [7, 11) is 2.13. The topological polar surface area (TPSA) is 48.7 Å². The number of para-hydroxylation sites is 2.